The topological polar surface area (TPSA) is 25.8 Å². The van der Waals surface area contributed by atoms with E-state index in [4.69, 9.17) is 4.74 Å². The Morgan fingerprint density at radius 1 is 1.17 bits per heavy atom. The Morgan fingerprint density at radius 3 is 2.61 bits per heavy atom. The first-order valence-electron chi connectivity index (χ1n) is 7.21. The lowest BCUT2D eigenvalue weighted by atomic mass is 10.1. The zero-order valence-electron chi connectivity index (χ0n) is 12.0. The third-order valence-corrected chi connectivity index (χ3v) is 4.04. The molecule has 2 nitrogen and oxygen atoms in total. The van der Waals surface area contributed by atoms with E-state index in [2.05, 4.69) is 38.2 Å². The van der Waals surface area contributed by atoms with Crippen LogP contribution >= 0.6 is 0 Å². The second-order valence-electron chi connectivity index (χ2n) is 5.62. The molecule has 1 aromatic rings. The molecule has 0 aliphatic heterocycles. The molecule has 1 fully saturated rings. The van der Waals surface area contributed by atoms with Gasteiger partial charge in [0.1, 0.15) is 18.9 Å². The zero-order valence-corrected chi connectivity index (χ0v) is 12.0. The van der Waals surface area contributed by atoms with Gasteiger partial charge in [-0.2, -0.15) is 0 Å². The van der Waals surface area contributed by atoms with E-state index in [0.29, 0.717) is 0 Å². The van der Waals surface area contributed by atoms with Crippen LogP contribution in [-0.4, -0.2) is 19.2 Å². The summed E-state index contributed by atoms with van der Waals surface area (Å²) in [4.78, 5) is 0. The summed E-state index contributed by atoms with van der Waals surface area (Å²) in [5, 5.41) is 2.46. The van der Waals surface area contributed by atoms with Gasteiger partial charge in [-0.25, -0.2) is 0 Å². The van der Waals surface area contributed by atoms with E-state index in [-0.39, 0.29) is 0 Å². The molecule has 0 unspecified atom stereocenters. The first-order valence-corrected chi connectivity index (χ1v) is 7.21. The van der Waals surface area contributed by atoms with Gasteiger partial charge in [-0.05, 0) is 69.2 Å². The molecule has 100 valence electrons. The number of benzene rings is 1. The number of aryl methyl sites for hydroxylation is 2. The standard InChI is InChI=1S/C16H25NO/c1-12-10-13(2)14(3)16(11-12)18-9-8-17-15-6-4-5-7-15/h10-11,15,17H,4-9H2,1-3H3/p+1. The molecule has 0 saturated heterocycles. The van der Waals surface area contributed by atoms with Crippen molar-refractivity contribution in [3.05, 3.63) is 28.8 Å². The lowest BCUT2D eigenvalue weighted by molar-refractivity contribution is -0.688. The second-order valence-corrected chi connectivity index (χ2v) is 5.62. The molecule has 1 aliphatic carbocycles. The summed E-state index contributed by atoms with van der Waals surface area (Å²) in [6.45, 7) is 8.33. The van der Waals surface area contributed by atoms with Gasteiger partial charge < -0.3 is 10.1 Å². The van der Waals surface area contributed by atoms with Crippen LogP contribution in [0.3, 0.4) is 0 Å². The van der Waals surface area contributed by atoms with Crippen molar-refractivity contribution in [2.75, 3.05) is 13.2 Å². The monoisotopic (exact) mass is 248 g/mol. The van der Waals surface area contributed by atoms with Crippen LogP contribution in [0.2, 0.25) is 0 Å². The van der Waals surface area contributed by atoms with Crippen LogP contribution in [0.25, 0.3) is 0 Å². The summed E-state index contributed by atoms with van der Waals surface area (Å²) in [6, 6.07) is 5.22. The summed E-state index contributed by atoms with van der Waals surface area (Å²) in [5.74, 6) is 1.06. The van der Waals surface area contributed by atoms with Gasteiger partial charge >= 0.3 is 0 Å². The summed E-state index contributed by atoms with van der Waals surface area (Å²) in [7, 11) is 0. The average molecular weight is 248 g/mol. The molecule has 0 amide bonds. The number of hydrogen-bond acceptors (Lipinski definition) is 1. The summed E-state index contributed by atoms with van der Waals surface area (Å²) < 4.78 is 5.93. The van der Waals surface area contributed by atoms with E-state index >= 15 is 0 Å². The molecule has 0 bridgehead atoms. The largest absolute Gasteiger partial charge is 0.487 e. The fraction of sp³-hybridized carbons (Fsp3) is 0.625. The maximum absolute atomic E-state index is 5.93. The highest BCUT2D eigenvalue weighted by molar-refractivity contribution is 5.41. The van der Waals surface area contributed by atoms with Crippen LogP contribution in [0.4, 0.5) is 0 Å². The molecule has 0 heterocycles. The molecule has 0 atom stereocenters. The lowest BCUT2D eigenvalue weighted by Crippen LogP contribution is -2.90. The van der Waals surface area contributed by atoms with Crippen LogP contribution in [-0.2, 0) is 0 Å². The van der Waals surface area contributed by atoms with Crippen molar-refractivity contribution in [2.45, 2.75) is 52.5 Å². The van der Waals surface area contributed by atoms with Crippen LogP contribution in [0, 0.1) is 20.8 Å². The normalized spacial score (nSPS) is 16.2. The smallest absolute Gasteiger partial charge is 0.137 e. The van der Waals surface area contributed by atoms with E-state index in [0.717, 1.165) is 24.9 Å². The van der Waals surface area contributed by atoms with Crippen LogP contribution in [0.15, 0.2) is 12.1 Å². The lowest BCUT2D eigenvalue weighted by Gasteiger charge is -2.13. The Balaban J connectivity index is 1.79. The molecule has 2 heteroatoms. The zero-order chi connectivity index (χ0) is 13.0. The van der Waals surface area contributed by atoms with Crippen molar-refractivity contribution >= 4 is 0 Å². The van der Waals surface area contributed by atoms with E-state index in [1.54, 1.807) is 0 Å². The summed E-state index contributed by atoms with van der Waals surface area (Å²) in [5.41, 5.74) is 3.89. The van der Waals surface area contributed by atoms with Crippen molar-refractivity contribution in [1.82, 2.24) is 0 Å². The maximum Gasteiger partial charge on any atom is 0.137 e. The molecular weight excluding hydrogens is 222 g/mol. The van der Waals surface area contributed by atoms with Gasteiger partial charge in [-0.3, -0.25) is 0 Å². The van der Waals surface area contributed by atoms with Crippen LogP contribution in [0.1, 0.15) is 42.4 Å². The fourth-order valence-corrected chi connectivity index (χ4v) is 2.82. The molecule has 18 heavy (non-hydrogen) atoms. The van der Waals surface area contributed by atoms with Crippen LogP contribution in [0.5, 0.6) is 5.75 Å². The van der Waals surface area contributed by atoms with E-state index in [9.17, 15) is 0 Å². The molecule has 0 aromatic heterocycles. The van der Waals surface area contributed by atoms with Gasteiger partial charge in [0.2, 0.25) is 0 Å². The SMILES string of the molecule is Cc1cc(C)c(C)c(OCC[NH2+]C2CCCC2)c1. The van der Waals surface area contributed by atoms with Gasteiger partial charge in [-0.1, -0.05) is 6.07 Å². The molecule has 2 rings (SSSR count). The Hall–Kier alpha value is -1.02. The van der Waals surface area contributed by atoms with Gasteiger partial charge in [0.05, 0.1) is 6.04 Å². The van der Waals surface area contributed by atoms with E-state index < -0.39 is 0 Å². The van der Waals surface area contributed by atoms with Crippen molar-refractivity contribution in [1.29, 1.82) is 0 Å². The van der Waals surface area contributed by atoms with Crippen molar-refractivity contribution in [3.8, 4) is 5.75 Å². The Labute approximate surface area is 111 Å². The maximum atomic E-state index is 5.93. The fourth-order valence-electron chi connectivity index (χ4n) is 2.82. The van der Waals surface area contributed by atoms with Crippen molar-refractivity contribution in [2.24, 2.45) is 0 Å². The highest BCUT2D eigenvalue weighted by Gasteiger charge is 2.17. The minimum atomic E-state index is 0.820. The Bertz CT molecular complexity index is 394. The molecule has 1 aliphatic rings. The predicted octanol–water partition coefficient (Wildman–Crippen LogP) is 2.50. The molecule has 1 aromatic carbocycles. The van der Waals surface area contributed by atoms with E-state index in [1.165, 1.54) is 42.4 Å². The third-order valence-electron chi connectivity index (χ3n) is 4.04. The second kappa shape index (κ2) is 6.24. The van der Waals surface area contributed by atoms with E-state index in [1.807, 2.05) is 0 Å². The third kappa shape index (κ3) is 3.49. The first kappa shape index (κ1) is 13.4. The number of nitrogens with two attached hydrogens (primary N) is 1. The molecule has 1 saturated carbocycles. The minimum absolute atomic E-state index is 0.820. The number of ether oxygens (including phenoxy) is 1. The van der Waals surface area contributed by atoms with Gasteiger partial charge in [0, 0.05) is 0 Å². The number of rotatable bonds is 5. The molecule has 0 spiro atoms. The molecular formula is C16H26NO+. The minimum Gasteiger partial charge on any atom is -0.487 e. The van der Waals surface area contributed by atoms with Gasteiger partial charge in [-0.15, -0.1) is 0 Å². The van der Waals surface area contributed by atoms with Crippen molar-refractivity contribution in [3.63, 3.8) is 0 Å². The Morgan fingerprint density at radius 2 is 1.89 bits per heavy atom. The Kier molecular flexibility index (Phi) is 4.65. The summed E-state index contributed by atoms with van der Waals surface area (Å²) in [6.07, 6.45) is 5.61. The molecule has 2 N–H and O–H groups in total. The number of hydrogen-bond donors (Lipinski definition) is 1. The van der Waals surface area contributed by atoms with Gasteiger partial charge in [0.25, 0.3) is 0 Å². The number of quaternary nitrogens is 1. The van der Waals surface area contributed by atoms with Crippen molar-refractivity contribution < 1.29 is 10.1 Å². The quantitative estimate of drug-likeness (QED) is 0.796. The van der Waals surface area contributed by atoms with Crippen LogP contribution < -0.4 is 10.1 Å². The average Bonchev–Trinajstić information content (AvgIpc) is 2.83. The highest BCUT2D eigenvalue weighted by Crippen LogP contribution is 2.23. The summed E-state index contributed by atoms with van der Waals surface area (Å²) >= 11 is 0. The predicted molar refractivity (Wildman–Crippen MR) is 75.2 cm³/mol. The first-order chi connectivity index (χ1) is 8.66. The molecule has 0 radical (unpaired) electrons. The van der Waals surface area contributed by atoms with Gasteiger partial charge in [0.15, 0.2) is 0 Å². The highest BCUT2D eigenvalue weighted by atomic mass is 16.5.